The summed E-state index contributed by atoms with van der Waals surface area (Å²) in [5.41, 5.74) is 2.15. The Morgan fingerprint density at radius 1 is 1.33 bits per heavy atom. The maximum atomic E-state index is 12.9. The van der Waals surface area contributed by atoms with Crippen LogP contribution in [-0.2, 0) is 16.4 Å². The number of aromatic nitrogens is 1. The molecule has 1 aromatic heterocycles. The highest BCUT2D eigenvalue weighted by Gasteiger charge is 2.33. The van der Waals surface area contributed by atoms with E-state index in [0.29, 0.717) is 12.2 Å². The van der Waals surface area contributed by atoms with Gasteiger partial charge in [0.1, 0.15) is 0 Å². The lowest BCUT2D eigenvalue weighted by atomic mass is 9.96. The lowest BCUT2D eigenvalue weighted by molar-refractivity contribution is 0.545. The molecule has 2 heterocycles. The summed E-state index contributed by atoms with van der Waals surface area (Å²) in [7, 11) is -3.70. The Morgan fingerprint density at radius 3 is 2.71 bits per heavy atom. The monoisotopic (exact) mass is 324 g/mol. The van der Waals surface area contributed by atoms with Gasteiger partial charge >= 0.3 is 4.87 Å². The number of thiazole rings is 1. The zero-order chi connectivity index (χ0) is 15.2. The Balaban J connectivity index is 2.16. The van der Waals surface area contributed by atoms with Gasteiger partial charge in [-0.05, 0) is 30.9 Å². The van der Waals surface area contributed by atoms with E-state index in [1.54, 1.807) is 6.92 Å². The quantitative estimate of drug-likeness (QED) is 0.920. The van der Waals surface area contributed by atoms with Crippen LogP contribution in [-0.4, -0.2) is 19.9 Å². The maximum Gasteiger partial charge on any atom is 0.306 e. The van der Waals surface area contributed by atoms with Crippen LogP contribution >= 0.6 is 11.3 Å². The fourth-order valence-corrected chi connectivity index (χ4v) is 5.73. The SMILES string of the molecule is Cc1[nH]c(=O)sc1S(=O)(=O)N1CC(C)Cc2ccccc21. The molecule has 0 radical (unpaired) electrons. The summed E-state index contributed by atoms with van der Waals surface area (Å²) in [5, 5.41) is 0. The smallest absolute Gasteiger partial charge is 0.306 e. The molecule has 1 atom stereocenters. The Labute approximate surface area is 127 Å². The molecule has 5 nitrogen and oxygen atoms in total. The summed E-state index contributed by atoms with van der Waals surface area (Å²) in [4.78, 5) is 13.6. The Morgan fingerprint density at radius 2 is 2.05 bits per heavy atom. The minimum absolute atomic E-state index is 0.108. The maximum absolute atomic E-state index is 12.9. The highest BCUT2D eigenvalue weighted by atomic mass is 32.2. The second kappa shape index (κ2) is 4.99. The van der Waals surface area contributed by atoms with E-state index < -0.39 is 10.0 Å². The number of hydrogen-bond donors (Lipinski definition) is 1. The molecule has 7 heteroatoms. The average Bonchev–Trinajstić information content (AvgIpc) is 2.77. The average molecular weight is 324 g/mol. The molecule has 1 aromatic carbocycles. The van der Waals surface area contributed by atoms with Gasteiger partial charge in [-0.1, -0.05) is 36.5 Å². The predicted molar refractivity (Wildman–Crippen MR) is 83.5 cm³/mol. The molecule has 2 aromatic rings. The van der Waals surface area contributed by atoms with Crippen LogP contribution in [0, 0.1) is 12.8 Å². The fraction of sp³-hybridized carbons (Fsp3) is 0.357. The molecule has 112 valence electrons. The number of aromatic amines is 1. The van der Waals surface area contributed by atoms with Gasteiger partial charge in [-0.3, -0.25) is 9.10 Å². The minimum atomic E-state index is -3.70. The number of nitrogens with one attached hydrogen (secondary N) is 1. The number of H-pyrrole nitrogens is 1. The van der Waals surface area contributed by atoms with E-state index in [1.807, 2.05) is 31.2 Å². The molecule has 0 bridgehead atoms. The fourth-order valence-electron chi connectivity index (χ4n) is 2.71. The van der Waals surface area contributed by atoms with Gasteiger partial charge in [-0.2, -0.15) is 0 Å². The summed E-state index contributed by atoms with van der Waals surface area (Å²) in [6.45, 7) is 4.08. The number of rotatable bonds is 2. The van der Waals surface area contributed by atoms with E-state index in [2.05, 4.69) is 4.98 Å². The number of anilines is 1. The summed E-state index contributed by atoms with van der Waals surface area (Å²) in [6.07, 6.45) is 0.866. The molecule has 0 amide bonds. The van der Waals surface area contributed by atoms with Gasteiger partial charge in [0.15, 0.2) is 4.21 Å². The van der Waals surface area contributed by atoms with Crippen LogP contribution in [0.25, 0.3) is 0 Å². The van der Waals surface area contributed by atoms with Crippen molar-refractivity contribution in [2.75, 3.05) is 10.8 Å². The Kier molecular flexibility index (Phi) is 3.41. The first kappa shape index (κ1) is 14.3. The van der Waals surface area contributed by atoms with Crippen LogP contribution < -0.4 is 9.18 Å². The van der Waals surface area contributed by atoms with Crippen molar-refractivity contribution in [1.29, 1.82) is 0 Å². The molecule has 1 unspecified atom stereocenters. The first-order valence-corrected chi connectivity index (χ1v) is 8.95. The number of nitrogens with zero attached hydrogens (tertiary/aromatic N) is 1. The molecular formula is C14H16N2O3S2. The van der Waals surface area contributed by atoms with Gasteiger partial charge in [0.05, 0.1) is 5.69 Å². The van der Waals surface area contributed by atoms with Gasteiger partial charge in [0.25, 0.3) is 10.0 Å². The molecule has 0 aliphatic carbocycles. The van der Waals surface area contributed by atoms with Crippen molar-refractivity contribution in [2.24, 2.45) is 5.92 Å². The first-order valence-electron chi connectivity index (χ1n) is 6.70. The van der Waals surface area contributed by atoms with E-state index in [1.165, 1.54) is 4.31 Å². The molecule has 0 saturated heterocycles. The van der Waals surface area contributed by atoms with Crippen molar-refractivity contribution in [3.05, 3.63) is 45.2 Å². The van der Waals surface area contributed by atoms with Gasteiger partial charge in [0.2, 0.25) is 0 Å². The van der Waals surface area contributed by atoms with Gasteiger partial charge in [-0.25, -0.2) is 8.42 Å². The highest BCUT2D eigenvalue weighted by Crippen LogP contribution is 2.34. The van der Waals surface area contributed by atoms with Crippen LogP contribution in [0.4, 0.5) is 5.69 Å². The van der Waals surface area contributed by atoms with E-state index in [9.17, 15) is 13.2 Å². The molecule has 1 aliphatic heterocycles. The molecule has 0 saturated carbocycles. The summed E-state index contributed by atoms with van der Waals surface area (Å²) < 4.78 is 27.4. The topological polar surface area (TPSA) is 70.2 Å². The molecule has 1 N–H and O–H groups in total. The van der Waals surface area contributed by atoms with E-state index >= 15 is 0 Å². The van der Waals surface area contributed by atoms with Gasteiger partial charge < -0.3 is 4.98 Å². The number of aryl methyl sites for hydroxylation is 1. The summed E-state index contributed by atoms with van der Waals surface area (Å²) in [6, 6.07) is 7.54. The first-order chi connectivity index (χ1) is 9.89. The highest BCUT2D eigenvalue weighted by molar-refractivity contribution is 7.94. The molecule has 21 heavy (non-hydrogen) atoms. The normalized spacial score (nSPS) is 18.6. The van der Waals surface area contributed by atoms with Crippen LogP contribution in [0.3, 0.4) is 0 Å². The van der Waals surface area contributed by atoms with Crippen molar-refractivity contribution in [3.63, 3.8) is 0 Å². The van der Waals surface area contributed by atoms with Crippen molar-refractivity contribution < 1.29 is 8.42 Å². The second-order valence-electron chi connectivity index (χ2n) is 5.40. The zero-order valence-electron chi connectivity index (χ0n) is 11.8. The minimum Gasteiger partial charge on any atom is -0.315 e. The van der Waals surface area contributed by atoms with Crippen LogP contribution in [0.1, 0.15) is 18.2 Å². The second-order valence-corrected chi connectivity index (χ2v) is 8.44. The molecule has 0 fully saturated rings. The Hall–Kier alpha value is -1.60. The van der Waals surface area contributed by atoms with Crippen LogP contribution in [0.5, 0.6) is 0 Å². The van der Waals surface area contributed by atoms with Crippen molar-refractivity contribution in [1.82, 2.24) is 4.98 Å². The lowest BCUT2D eigenvalue weighted by Gasteiger charge is -2.33. The number of fused-ring (bicyclic) bond motifs is 1. The van der Waals surface area contributed by atoms with Crippen LogP contribution in [0.2, 0.25) is 0 Å². The summed E-state index contributed by atoms with van der Waals surface area (Å²) >= 11 is 0.750. The number of para-hydroxylation sites is 1. The molecule has 1 aliphatic rings. The number of hydrogen-bond acceptors (Lipinski definition) is 4. The molecule has 0 spiro atoms. The van der Waals surface area contributed by atoms with Crippen molar-refractivity contribution in [3.8, 4) is 0 Å². The zero-order valence-corrected chi connectivity index (χ0v) is 13.4. The van der Waals surface area contributed by atoms with Crippen molar-refractivity contribution >= 4 is 27.0 Å². The van der Waals surface area contributed by atoms with Crippen LogP contribution in [0.15, 0.2) is 33.3 Å². The lowest BCUT2D eigenvalue weighted by Crippen LogP contribution is -2.39. The largest absolute Gasteiger partial charge is 0.315 e. The standard InChI is InChI=1S/C14H16N2O3S2/c1-9-7-11-5-3-4-6-12(11)16(8-9)21(18,19)13-10(2)15-14(17)20-13/h3-6,9H,7-8H2,1-2H3,(H,15,17). The summed E-state index contributed by atoms with van der Waals surface area (Å²) in [5.74, 6) is 0.241. The van der Waals surface area contributed by atoms with E-state index in [0.717, 1.165) is 29.0 Å². The predicted octanol–water partition coefficient (Wildman–Crippen LogP) is 2.13. The third kappa shape index (κ3) is 2.40. The number of sulfonamides is 1. The third-order valence-corrected chi connectivity index (χ3v) is 6.97. The third-order valence-electron chi connectivity index (χ3n) is 3.61. The Bertz CT molecular complexity index is 836. The van der Waals surface area contributed by atoms with Gasteiger partial charge in [-0.15, -0.1) is 0 Å². The van der Waals surface area contributed by atoms with Gasteiger partial charge in [0, 0.05) is 12.2 Å². The molecular weight excluding hydrogens is 308 g/mol. The molecule has 3 rings (SSSR count). The van der Waals surface area contributed by atoms with Crippen molar-refractivity contribution in [2.45, 2.75) is 24.5 Å². The van der Waals surface area contributed by atoms with E-state index in [4.69, 9.17) is 0 Å². The van der Waals surface area contributed by atoms with E-state index in [-0.39, 0.29) is 15.0 Å². The number of benzene rings is 1.